The highest BCUT2D eigenvalue weighted by Crippen LogP contribution is 2.36. The molecule has 1 atom stereocenters. The number of amides is 1. The van der Waals surface area contributed by atoms with Gasteiger partial charge in [0.15, 0.2) is 0 Å². The quantitative estimate of drug-likeness (QED) is 0.749. The molecule has 0 heterocycles. The fraction of sp³-hybridized carbons (Fsp3) is 0.357. The molecule has 0 aliphatic carbocycles. The lowest BCUT2D eigenvalue weighted by molar-refractivity contribution is -0.109. The number of hydrogen-bond acceptors (Lipinski definition) is 2. The fourth-order valence-corrected chi connectivity index (χ4v) is 2.54. The van der Waals surface area contributed by atoms with Gasteiger partial charge in [-0.15, -0.1) is 11.8 Å². The van der Waals surface area contributed by atoms with Crippen molar-refractivity contribution in [2.24, 2.45) is 5.92 Å². The molecule has 0 aliphatic heterocycles. The van der Waals surface area contributed by atoms with E-state index in [2.05, 4.69) is 50.0 Å². The molecule has 0 radical (unpaired) electrons. The Morgan fingerprint density at radius 3 is 2.47 bits per heavy atom. The third-order valence-corrected chi connectivity index (χ3v) is 3.85. The van der Waals surface area contributed by atoms with Crippen molar-refractivity contribution in [1.29, 1.82) is 0 Å². The predicted octanol–water partition coefficient (Wildman–Crippen LogP) is 3.51. The molecule has 0 saturated heterocycles. The summed E-state index contributed by atoms with van der Waals surface area (Å²) in [7, 11) is 0. The van der Waals surface area contributed by atoms with E-state index in [9.17, 15) is 4.79 Å². The average Bonchev–Trinajstić information content (AvgIpc) is 2.34. The zero-order valence-corrected chi connectivity index (χ0v) is 11.2. The number of benzene rings is 1. The normalized spacial score (nSPS) is 12.2. The van der Waals surface area contributed by atoms with Crippen molar-refractivity contribution < 1.29 is 4.79 Å². The van der Waals surface area contributed by atoms with Crippen molar-refractivity contribution in [3.05, 3.63) is 47.4 Å². The Balaban J connectivity index is 2.76. The number of carbonyl (C=O) groups is 1. The first-order chi connectivity index (χ1) is 8.19. The van der Waals surface area contributed by atoms with Crippen LogP contribution in [0.3, 0.4) is 0 Å². The first kappa shape index (κ1) is 13.8. The first-order valence-electron chi connectivity index (χ1n) is 5.71. The van der Waals surface area contributed by atoms with Gasteiger partial charge in [0, 0.05) is 11.8 Å². The van der Waals surface area contributed by atoms with Crippen LogP contribution in [0.15, 0.2) is 36.3 Å². The maximum absolute atomic E-state index is 10.2. The zero-order valence-electron chi connectivity index (χ0n) is 10.3. The highest BCUT2D eigenvalue weighted by Gasteiger charge is 2.14. The second-order valence-electron chi connectivity index (χ2n) is 4.21. The molecule has 0 spiro atoms. The Morgan fingerprint density at radius 1 is 1.35 bits per heavy atom. The van der Waals surface area contributed by atoms with Crippen LogP contribution in [-0.4, -0.2) is 6.41 Å². The van der Waals surface area contributed by atoms with E-state index in [1.807, 2.05) is 5.41 Å². The summed E-state index contributed by atoms with van der Waals surface area (Å²) in [6.45, 7) is 8.79. The van der Waals surface area contributed by atoms with Crippen LogP contribution in [0.2, 0.25) is 0 Å². The maximum Gasteiger partial charge on any atom is 0.207 e. The van der Waals surface area contributed by atoms with Crippen LogP contribution in [0.4, 0.5) is 0 Å². The molecule has 3 heteroatoms. The summed E-state index contributed by atoms with van der Waals surface area (Å²) in [5, 5.41) is 5.00. The van der Waals surface area contributed by atoms with E-state index in [4.69, 9.17) is 0 Å². The van der Waals surface area contributed by atoms with Crippen LogP contribution in [0, 0.1) is 5.92 Å². The minimum absolute atomic E-state index is 0.445. The van der Waals surface area contributed by atoms with Gasteiger partial charge in [0.1, 0.15) is 0 Å². The molecule has 1 aromatic carbocycles. The van der Waals surface area contributed by atoms with E-state index >= 15 is 0 Å². The van der Waals surface area contributed by atoms with E-state index < -0.39 is 0 Å². The summed E-state index contributed by atoms with van der Waals surface area (Å²) >= 11 is 1.75. The van der Waals surface area contributed by atoms with Gasteiger partial charge in [0.2, 0.25) is 6.41 Å². The lowest BCUT2D eigenvalue weighted by Gasteiger charge is -2.19. The second-order valence-corrected chi connectivity index (χ2v) is 5.32. The average molecular weight is 249 g/mol. The Bertz CT molecular complexity index is 359. The Hall–Kier alpha value is -1.22. The lowest BCUT2D eigenvalue weighted by Crippen LogP contribution is -2.09. The van der Waals surface area contributed by atoms with Gasteiger partial charge in [0.25, 0.3) is 0 Å². The van der Waals surface area contributed by atoms with Gasteiger partial charge >= 0.3 is 0 Å². The molecule has 17 heavy (non-hydrogen) atoms. The van der Waals surface area contributed by atoms with Crippen LogP contribution in [0.25, 0.3) is 0 Å². The van der Waals surface area contributed by atoms with Crippen LogP contribution in [0.1, 0.15) is 30.2 Å². The van der Waals surface area contributed by atoms with Gasteiger partial charge in [-0.05, 0) is 22.5 Å². The van der Waals surface area contributed by atoms with Crippen molar-refractivity contribution >= 4 is 18.2 Å². The first-order valence-corrected chi connectivity index (χ1v) is 6.65. The van der Waals surface area contributed by atoms with Gasteiger partial charge in [-0.25, -0.2) is 0 Å². The van der Waals surface area contributed by atoms with Crippen molar-refractivity contribution in [3.63, 3.8) is 0 Å². The van der Waals surface area contributed by atoms with E-state index in [0.717, 1.165) is 12.0 Å². The Kier molecular flexibility index (Phi) is 5.84. The number of hydrogen-bond donors (Lipinski definition) is 1. The standard InChI is InChI=1S/C14H19NOS/c1-4-17-14(11(2)3)13-7-5-12(6-8-13)9-15-10-16/h4-8,10-11,14H,1,9H2,2-3H3,(H,15,16). The molecule has 92 valence electrons. The van der Waals surface area contributed by atoms with Crippen LogP contribution in [-0.2, 0) is 11.3 Å². The molecule has 0 aliphatic rings. The smallest absolute Gasteiger partial charge is 0.207 e. The van der Waals surface area contributed by atoms with Gasteiger partial charge in [0.05, 0.1) is 0 Å². The van der Waals surface area contributed by atoms with Crippen LogP contribution < -0.4 is 5.32 Å². The SMILES string of the molecule is C=CSC(c1ccc(CNC=O)cc1)C(C)C. The minimum atomic E-state index is 0.445. The van der Waals surface area contributed by atoms with Crippen LogP contribution in [0.5, 0.6) is 0 Å². The molecule has 2 nitrogen and oxygen atoms in total. The molecule has 0 saturated carbocycles. The van der Waals surface area contributed by atoms with Crippen molar-refractivity contribution in [3.8, 4) is 0 Å². The van der Waals surface area contributed by atoms with Crippen molar-refractivity contribution in [2.45, 2.75) is 25.6 Å². The molecule has 0 aromatic heterocycles. The fourth-order valence-electron chi connectivity index (χ4n) is 1.71. The summed E-state index contributed by atoms with van der Waals surface area (Å²) < 4.78 is 0. The lowest BCUT2D eigenvalue weighted by atomic mass is 10.0. The zero-order chi connectivity index (χ0) is 12.7. The third-order valence-electron chi connectivity index (χ3n) is 2.55. The Morgan fingerprint density at radius 2 is 2.00 bits per heavy atom. The third kappa shape index (κ3) is 4.27. The maximum atomic E-state index is 10.2. The molecule has 1 amide bonds. The monoisotopic (exact) mass is 249 g/mol. The summed E-state index contributed by atoms with van der Waals surface area (Å²) in [6, 6.07) is 8.38. The second kappa shape index (κ2) is 7.17. The van der Waals surface area contributed by atoms with Crippen molar-refractivity contribution in [2.75, 3.05) is 0 Å². The van der Waals surface area contributed by atoms with Gasteiger partial charge in [-0.1, -0.05) is 44.7 Å². The number of nitrogens with one attached hydrogen (secondary N) is 1. The largest absolute Gasteiger partial charge is 0.355 e. The molecule has 0 fully saturated rings. The summed E-state index contributed by atoms with van der Waals surface area (Å²) in [4.78, 5) is 10.2. The summed E-state index contributed by atoms with van der Waals surface area (Å²) in [5.41, 5.74) is 2.42. The van der Waals surface area contributed by atoms with Gasteiger partial charge in [-0.3, -0.25) is 4.79 Å². The van der Waals surface area contributed by atoms with Crippen LogP contribution >= 0.6 is 11.8 Å². The van der Waals surface area contributed by atoms with Crippen molar-refractivity contribution in [1.82, 2.24) is 5.32 Å². The molecule has 0 bridgehead atoms. The van der Waals surface area contributed by atoms with E-state index in [-0.39, 0.29) is 0 Å². The molecular formula is C14H19NOS. The molecule has 1 rings (SSSR count). The predicted molar refractivity (Wildman–Crippen MR) is 74.7 cm³/mol. The molecule has 1 unspecified atom stereocenters. The summed E-state index contributed by atoms with van der Waals surface area (Å²) in [5.74, 6) is 0.567. The number of thioether (sulfide) groups is 1. The number of carbonyl (C=O) groups excluding carboxylic acids is 1. The molecule has 1 N–H and O–H groups in total. The molecule has 1 aromatic rings. The van der Waals surface area contributed by atoms with E-state index in [0.29, 0.717) is 17.7 Å². The molecular weight excluding hydrogens is 230 g/mol. The topological polar surface area (TPSA) is 29.1 Å². The van der Waals surface area contributed by atoms with Gasteiger partial charge in [-0.2, -0.15) is 0 Å². The highest BCUT2D eigenvalue weighted by molar-refractivity contribution is 8.02. The summed E-state index contributed by atoms with van der Waals surface area (Å²) in [6.07, 6.45) is 0.721. The van der Waals surface area contributed by atoms with E-state index in [1.54, 1.807) is 11.8 Å². The number of rotatable bonds is 7. The van der Waals surface area contributed by atoms with E-state index in [1.165, 1.54) is 5.56 Å². The minimum Gasteiger partial charge on any atom is -0.355 e. The highest BCUT2D eigenvalue weighted by atomic mass is 32.2. The Labute approximate surface area is 107 Å². The van der Waals surface area contributed by atoms with Gasteiger partial charge < -0.3 is 5.32 Å².